The van der Waals surface area contributed by atoms with Crippen LogP contribution in [0.15, 0.2) is 48.5 Å². The fourth-order valence-electron chi connectivity index (χ4n) is 2.00. The van der Waals surface area contributed by atoms with Gasteiger partial charge in [-0.15, -0.1) is 11.3 Å². The maximum Gasteiger partial charge on any atom is 0.135 e. The third-order valence-electron chi connectivity index (χ3n) is 3.07. The predicted octanol–water partition coefficient (Wildman–Crippen LogP) is 4.37. The lowest BCUT2D eigenvalue weighted by molar-refractivity contribution is 0.415. The summed E-state index contributed by atoms with van der Waals surface area (Å²) in [6.07, 6.45) is 1.84. The Morgan fingerprint density at radius 1 is 1.19 bits per heavy atom. The molecule has 0 spiro atoms. The highest BCUT2D eigenvalue weighted by Crippen LogP contribution is 2.28. The van der Waals surface area contributed by atoms with Crippen LogP contribution in [0.3, 0.4) is 0 Å². The molecular weight excluding hydrogens is 280 g/mol. The number of benzene rings is 2. The number of methoxy groups -OCH3 is 1. The van der Waals surface area contributed by atoms with E-state index >= 15 is 0 Å². The second kappa shape index (κ2) is 5.78. The minimum Gasteiger partial charge on any atom is -0.497 e. The summed E-state index contributed by atoms with van der Waals surface area (Å²) in [5.41, 5.74) is 2.45. The van der Waals surface area contributed by atoms with Crippen LogP contribution in [0, 0.1) is 11.3 Å². The SMILES string of the molecule is COc1ccc(/C=C(/C#N)c2nc3ccccc3s2)cc1. The third-order valence-corrected chi connectivity index (χ3v) is 4.14. The molecule has 0 aliphatic rings. The average molecular weight is 292 g/mol. The van der Waals surface area contributed by atoms with Gasteiger partial charge in [0.2, 0.25) is 0 Å². The zero-order valence-electron chi connectivity index (χ0n) is 11.4. The lowest BCUT2D eigenvalue weighted by Crippen LogP contribution is -1.83. The number of para-hydroxylation sites is 1. The summed E-state index contributed by atoms with van der Waals surface area (Å²) in [5, 5.41) is 10.1. The van der Waals surface area contributed by atoms with Gasteiger partial charge in [-0.05, 0) is 35.9 Å². The van der Waals surface area contributed by atoms with Gasteiger partial charge in [-0.3, -0.25) is 0 Å². The fourth-order valence-corrected chi connectivity index (χ4v) is 2.93. The molecule has 0 bridgehead atoms. The van der Waals surface area contributed by atoms with Gasteiger partial charge in [0, 0.05) is 0 Å². The van der Waals surface area contributed by atoms with Crippen LogP contribution in [0.1, 0.15) is 10.6 Å². The molecule has 3 nitrogen and oxygen atoms in total. The van der Waals surface area contributed by atoms with Crippen molar-refractivity contribution >= 4 is 33.2 Å². The smallest absolute Gasteiger partial charge is 0.135 e. The molecule has 21 heavy (non-hydrogen) atoms. The standard InChI is InChI=1S/C17H12N2OS/c1-20-14-8-6-12(7-9-14)10-13(11-18)17-19-15-4-2-3-5-16(15)21-17/h2-10H,1H3/b13-10-. The van der Waals surface area contributed by atoms with E-state index in [1.54, 1.807) is 7.11 Å². The number of nitrogens with zero attached hydrogens (tertiary/aromatic N) is 2. The van der Waals surface area contributed by atoms with Crippen molar-refractivity contribution in [1.82, 2.24) is 4.98 Å². The van der Waals surface area contributed by atoms with Crippen molar-refractivity contribution in [2.45, 2.75) is 0 Å². The van der Waals surface area contributed by atoms with Gasteiger partial charge in [0.05, 0.1) is 22.9 Å². The maximum absolute atomic E-state index is 9.39. The molecule has 0 atom stereocenters. The van der Waals surface area contributed by atoms with Crippen molar-refractivity contribution in [2.24, 2.45) is 0 Å². The maximum atomic E-state index is 9.39. The molecule has 0 unspecified atom stereocenters. The largest absolute Gasteiger partial charge is 0.497 e. The van der Waals surface area contributed by atoms with E-state index in [-0.39, 0.29) is 0 Å². The predicted molar refractivity (Wildman–Crippen MR) is 86.1 cm³/mol. The van der Waals surface area contributed by atoms with Crippen LogP contribution in [-0.4, -0.2) is 12.1 Å². The van der Waals surface area contributed by atoms with E-state index in [1.807, 2.05) is 54.6 Å². The molecule has 0 saturated carbocycles. The molecule has 0 amide bonds. The van der Waals surface area contributed by atoms with E-state index < -0.39 is 0 Å². The number of rotatable bonds is 3. The van der Waals surface area contributed by atoms with Crippen molar-refractivity contribution < 1.29 is 4.74 Å². The first kappa shape index (κ1) is 13.3. The van der Waals surface area contributed by atoms with Crippen LogP contribution in [0.4, 0.5) is 0 Å². The quantitative estimate of drug-likeness (QED) is 0.673. The van der Waals surface area contributed by atoms with Gasteiger partial charge in [0.1, 0.15) is 16.8 Å². The number of allylic oxidation sites excluding steroid dienone is 1. The van der Waals surface area contributed by atoms with Gasteiger partial charge in [-0.2, -0.15) is 5.26 Å². The minimum atomic E-state index is 0.571. The highest BCUT2D eigenvalue weighted by Gasteiger charge is 2.08. The number of fused-ring (bicyclic) bond motifs is 1. The van der Waals surface area contributed by atoms with Crippen molar-refractivity contribution in [3.8, 4) is 11.8 Å². The highest BCUT2D eigenvalue weighted by molar-refractivity contribution is 7.19. The highest BCUT2D eigenvalue weighted by atomic mass is 32.1. The molecule has 0 radical (unpaired) electrons. The van der Waals surface area contributed by atoms with Gasteiger partial charge in [0.25, 0.3) is 0 Å². The van der Waals surface area contributed by atoms with E-state index in [4.69, 9.17) is 4.74 Å². The van der Waals surface area contributed by atoms with E-state index in [2.05, 4.69) is 11.1 Å². The molecule has 3 rings (SSSR count). The van der Waals surface area contributed by atoms with E-state index in [0.29, 0.717) is 5.57 Å². The van der Waals surface area contributed by atoms with Gasteiger partial charge >= 0.3 is 0 Å². The number of hydrogen-bond donors (Lipinski definition) is 0. The second-order valence-electron chi connectivity index (χ2n) is 4.43. The molecule has 3 aromatic rings. The zero-order valence-corrected chi connectivity index (χ0v) is 12.2. The third kappa shape index (κ3) is 2.78. The van der Waals surface area contributed by atoms with Crippen molar-refractivity contribution in [3.63, 3.8) is 0 Å². The summed E-state index contributed by atoms with van der Waals surface area (Å²) >= 11 is 1.53. The summed E-state index contributed by atoms with van der Waals surface area (Å²) in [5.74, 6) is 0.797. The molecular formula is C17H12N2OS. The average Bonchev–Trinajstić information content (AvgIpc) is 2.97. The van der Waals surface area contributed by atoms with Crippen LogP contribution in [0.5, 0.6) is 5.75 Å². The molecule has 0 N–H and O–H groups in total. The van der Waals surface area contributed by atoms with Crippen LogP contribution in [0.2, 0.25) is 0 Å². The Morgan fingerprint density at radius 3 is 2.62 bits per heavy atom. The minimum absolute atomic E-state index is 0.571. The molecule has 0 aliphatic carbocycles. The summed E-state index contributed by atoms with van der Waals surface area (Å²) in [6.45, 7) is 0. The normalized spacial score (nSPS) is 11.3. The Hall–Kier alpha value is -2.64. The van der Waals surface area contributed by atoms with Gasteiger partial charge in [-0.1, -0.05) is 24.3 Å². The summed E-state index contributed by atoms with van der Waals surface area (Å²) in [7, 11) is 1.63. The Morgan fingerprint density at radius 2 is 1.95 bits per heavy atom. The number of nitriles is 1. The number of ether oxygens (including phenoxy) is 1. The molecule has 4 heteroatoms. The van der Waals surface area contributed by atoms with E-state index in [1.165, 1.54) is 11.3 Å². The van der Waals surface area contributed by atoms with Crippen molar-refractivity contribution in [1.29, 1.82) is 5.26 Å². The molecule has 102 valence electrons. The van der Waals surface area contributed by atoms with Gasteiger partial charge in [0.15, 0.2) is 0 Å². The summed E-state index contributed by atoms with van der Waals surface area (Å²) in [4.78, 5) is 4.52. The topological polar surface area (TPSA) is 45.9 Å². The van der Waals surface area contributed by atoms with Crippen LogP contribution in [-0.2, 0) is 0 Å². The number of hydrogen-bond acceptors (Lipinski definition) is 4. The Labute approximate surface area is 126 Å². The van der Waals surface area contributed by atoms with E-state index in [9.17, 15) is 5.26 Å². The lowest BCUT2D eigenvalue weighted by atomic mass is 10.1. The van der Waals surface area contributed by atoms with Crippen molar-refractivity contribution in [3.05, 3.63) is 59.1 Å². The number of thiazole rings is 1. The lowest BCUT2D eigenvalue weighted by Gasteiger charge is -1.99. The molecule has 1 heterocycles. The number of aromatic nitrogens is 1. The molecule has 2 aromatic carbocycles. The van der Waals surface area contributed by atoms with Gasteiger partial charge in [-0.25, -0.2) is 4.98 Å². The monoisotopic (exact) mass is 292 g/mol. The molecule has 0 saturated heterocycles. The van der Waals surface area contributed by atoms with Crippen molar-refractivity contribution in [2.75, 3.05) is 7.11 Å². The first-order valence-corrected chi connectivity index (χ1v) is 7.23. The van der Waals surface area contributed by atoms with E-state index in [0.717, 1.165) is 26.5 Å². The zero-order chi connectivity index (χ0) is 14.7. The fraction of sp³-hybridized carbons (Fsp3) is 0.0588. The molecule has 0 aliphatic heterocycles. The summed E-state index contributed by atoms with van der Waals surface area (Å²) in [6, 6.07) is 17.7. The Balaban J connectivity index is 2.00. The van der Waals surface area contributed by atoms with Crippen LogP contribution >= 0.6 is 11.3 Å². The molecule has 0 fully saturated rings. The first-order valence-electron chi connectivity index (χ1n) is 6.42. The molecule has 1 aromatic heterocycles. The van der Waals surface area contributed by atoms with Gasteiger partial charge < -0.3 is 4.74 Å². The summed E-state index contributed by atoms with van der Waals surface area (Å²) < 4.78 is 6.22. The Bertz CT molecular complexity index is 808. The van der Waals surface area contributed by atoms with Crippen LogP contribution in [0.25, 0.3) is 21.9 Å². The Kier molecular flexibility index (Phi) is 3.67. The second-order valence-corrected chi connectivity index (χ2v) is 5.46. The first-order chi connectivity index (χ1) is 10.3. The van der Waals surface area contributed by atoms with Crippen LogP contribution < -0.4 is 4.74 Å².